The highest BCUT2D eigenvalue weighted by Gasteiger charge is 2.18. The highest BCUT2D eigenvalue weighted by molar-refractivity contribution is 4.92. The van der Waals surface area contributed by atoms with Crippen molar-refractivity contribution in [1.82, 2.24) is 10.1 Å². The van der Waals surface area contributed by atoms with Gasteiger partial charge in [0.1, 0.15) is 6.10 Å². The smallest absolute Gasteiger partial charge is 0.229 e. The fraction of sp³-hybridized carbons (Fsp3) is 0.833. The number of rotatable bonds is 8. The molecule has 1 aromatic rings. The van der Waals surface area contributed by atoms with Gasteiger partial charge in [-0.25, -0.2) is 0 Å². The lowest BCUT2D eigenvalue weighted by molar-refractivity contribution is 0.0854. The molecule has 17 heavy (non-hydrogen) atoms. The number of aromatic nitrogens is 2. The van der Waals surface area contributed by atoms with Crippen LogP contribution in [0, 0.1) is 0 Å². The van der Waals surface area contributed by atoms with Crippen LogP contribution < -0.4 is 0 Å². The van der Waals surface area contributed by atoms with Gasteiger partial charge in [-0.05, 0) is 12.8 Å². The van der Waals surface area contributed by atoms with Crippen LogP contribution in [0.5, 0.6) is 0 Å². The molecular weight excluding hydrogens is 220 g/mol. The van der Waals surface area contributed by atoms with Crippen molar-refractivity contribution in [2.24, 2.45) is 0 Å². The second-order valence-corrected chi connectivity index (χ2v) is 4.21. The van der Waals surface area contributed by atoms with Crippen LogP contribution in [-0.2, 0) is 11.2 Å². The molecule has 1 heterocycles. The lowest BCUT2D eigenvalue weighted by Crippen LogP contribution is -2.10. The molecule has 1 N–H and O–H groups in total. The molecule has 1 aromatic heterocycles. The number of nitrogens with zero attached hydrogens (tertiary/aromatic N) is 2. The number of aliphatic hydroxyl groups excluding tert-OH is 1. The summed E-state index contributed by atoms with van der Waals surface area (Å²) in [6, 6.07) is 0. The largest absolute Gasteiger partial charge is 0.393 e. The summed E-state index contributed by atoms with van der Waals surface area (Å²) in [6.45, 7) is 4.11. The first-order valence-corrected chi connectivity index (χ1v) is 6.24. The van der Waals surface area contributed by atoms with E-state index >= 15 is 0 Å². The first kappa shape index (κ1) is 14.1. The van der Waals surface area contributed by atoms with Crippen LogP contribution in [0.1, 0.15) is 57.3 Å². The molecule has 2 unspecified atom stereocenters. The van der Waals surface area contributed by atoms with Gasteiger partial charge in [0, 0.05) is 7.11 Å². The Balaban J connectivity index is 2.57. The van der Waals surface area contributed by atoms with E-state index in [4.69, 9.17) is 9.26 Å². The van der Waals surface area contributed by atoms with Crippen LogP contribution in [0.2, 0.25) is 0 Å². The first-order chi connectivity index (χ1) is 8.21. The van der Waals surface area contributed by atoms with Crippen molar-refractivity contribution in [2.45, 2.75) is 58.2 Å². The van der Waals surface area contributed by atoms with E-state index in [0.29, 0.717) is 18.1 Å². The van der Waals surface area contributed by atoms with Crippen molar-refractivity contribution in [3.05, 3.63) is 11.7 Å². The molecule has 0 saturated heterocycles. The van der Waals surface area contributed by atoms with Crippen LogP contribution in [-0.4, -0.2) is 28.5 Å². The number of hydrogen-bond acceptors (Lipinski definition) is 5. The Kier molecular flexibility index (Phi) is 6.15. The lowest BCUT2D eigenvalue weighted by Gasteiger charge is -2.08. The predicted molar refractivity (Wildman–Crippen MR) is 63.6 cm³/mol. The molecular formula is C12H22N2O3. The first-order valence-electron chi connectivity index (χ1n) is 6.24. The summed E-state index contributed by atoms with van der Waals surface area (Å²) in [4.78, 5) is 4.26. The van der Waals surface area contributed by atoms with Crippen molar-refractivity contribution >= 4 is 0 Å². The zero-order chi connectivity index (χ0) is 12.7. The van der Waals surface area contributed by atoms with Crippen molar-refractivity contribution < 1.29 is 14.4 Å². The minimum Gasteiger partial charge on any atom is -0.393 e. The van der Waals surface area contributed by atoms with Gasteiger partial charge in [-0.2, -0.15) is 4.98 Å². The Morgan fingerprint density at radius 1 is 1.29 bits per heavy atom. The molecule has 0 aliphatic carbocycles. The van der Waals surface area contributed by atoms with Gasteiger partial charge >= 0.3 is 0 Å². The summed E-state index contributed by atoms with van der Waals surface area (Å²) in [7, 11) is 1.64. The van der Waals surface area contributed by atoms with Gasteiger partial charge in [-0.15, -0.1) is 0 Å². The van der Waals surface area contributed by atoms with Crippen LogP contribution in [0.3, 0.4) is 0 Å². The second kappa shape index (κ2) is 7.40. The summed E-state index contributed by atoms with van der Waals surface area (Å²) in [6.07, 6.45) is 3.47. The van der Waals surface area contributed by atoms with Gasteiger partial charge in [0.25, 0.3) is 0 Å². The fourth-order valence-corrected chi connectivity index (χ4v) is 1.73. The Bertz CT molecular complexity index is 314. The van der Waals surface area contributed by atoms with Gasteiger partial charge in [0.2, 0.25) is 11.7 Å². The third-order valence-corrected chi connectivity index (χ3v) is 2.64. The summed E-state index contributed by atoms with van der Waals surface area (Å²) in [5.74, 6) is 1.06. The van der Waals surface area contributed by atoms with Gasteiger partial charge in [0.15, 0.2) is 0 Å². The Morgan fingerprint density at radius 2 is 2.00 bits per heavy atom. The zero-order valence-electron chi connectivity index (χ0n) is 10.8. The van der Waals surface area contributed by atoms with Gasteiger partial charge in [0.05, 0.1) is 12.5 Å². The monoisotopic (exact) mass is 242 g/mol. The highest BCUT2D eigenvalue weighted by Crippen LogP contribution is 2.19. The molecule has 2 atom stereocenters. The Hall–Kier alpha value is -0.940. The SMILES string of the molecule is CCCC(O)Cc1nc(C(CCC)OC)no1. The van der Waals surface area contributed by atoms with Crippen molar-refractivity contribution in [2.75, 3.05) is 7.11 Å². The third kappa shape index (κ3) is 4.44. The number of methoxy groups -OCH3 is 1. The van der Waals surface area contributed by atoms with E-state index < -0.39 is 6.10 Å². The molecule has 5 nitrogen and oxygen atoms in total. The minimum absolute atomic E-state index is 0.110. The molecule has 0 fully saturated rings. The quantitative estimate of drug-likeness (QED) is 0.757. The third-order valence-electron chi connectivity index (χ3n) is 2.64. The van der Waals surface area contributed by atoms with E-state index in [1.807, 2.05) is 6.92 Å². The predicted octanol–water partition coefficient (Wildman–Crippen LogP) is 2.26. The molecule has 5 heteroatoms. The molecule has 0 amide bonds. The number of ether oxygens (including phenoxy) is 1. The van der Waals surface area contributed by atoms with Crippen LogP contribution in [0.25, 0.3) is 0 Å². The molecule has 0 aliphatic heterocycles. The van der Waals surface area contributed by atoms with Crippen LogP contribution in [0.15, 0.2) is 4.52 Å². The summed E-state index contributed by atoms with van der Waals surface area (Å²) >= 11 is 0. The van der Waals surface area contributed by atoms with Crippen molar-refractivity contribution in [1.29, 1.82) is 0 Å². The fourth-order valence-electron chi connectivity index (χ4n) is 1.73. The maximum Gasteiger partial charge on any atom is 0.229 e. The van der Waals surface area contributed by atoms with Gasteiger partial charge < -0.3 is 14.4 Å². The molecule has 0 bridgehead atoms. The molecule has 98 valence electrons. The molecule has 0 aliphatic rings. The molecule has 1 rings (SSSR count). The lowest BCUT2D eigenvalue weighted by atomic mass is 10.1. The van der Waals surface area contributed by atoms with E-state index in [0.717, 1.165) is 25.7 Å². The summed E-state index contributed by atoms with van der Waals surface area (Å²) in [5.41, 5.74) is 0. The molecule has 0 aromatic carbocycles. The second-order valence-electron chi connectivity index (χ2n) is 4.21. The molecule has 0 saturated carbocycles. The molecule has 0 spiro atoms. The highest BCUT2D eigenvalue weighted by atomic mass is 16.5. The van der Waals surface area contributed by atoms with E-state index in [1.54, 1.807) is 7.11 Å². The Morgan fingerprint density at radius 3 is 2.59 bits per heavy atom. The van der Waals surface area contributed by atoms with E-state index in [-0.39, 0.29) is 6.10 Å². The zero-order valence-corrected chi connectivity index (χ0v) is 10.8. The Labute approximate surface area is 102 Å². The average molecular weight is 242 g/mol. The van der Waals surface area contributed by atoms with E-state index in [9.17, 15) is 5.11 Å². The number of hydrogen-bond donors (Lipinski definition) is 1. The number of aliphatic hydroxyl groups is 1. The van der Waals surface area contributed by atoms with Crippen molar-refractivity contribution in [3.63, 3.8) is 0 Å². The molecule has 0 radical (unpaired) electrons. The standard InChI is InChI=1S/C12H22N2O3/c1-4-6-9(15)8-11-13-12(14-17-11)10(16-3)7-5-2/h9-10,15H,4-8H2,1-3H3. The minimum atomic E-state index is -0.402. The van der Waals surface area contributed by atoms with Crippen LogP contribution in [0.4, 0.5) is 0 Å². The summed E-state index contributed by atoms with van der Waals surface area (Å²) < 4.78 is 10.4. The van der Waals surface area contributed by atoms with E-state index in [1.165, 1.54) is 0 Å². The maximum absolute atomic E-state index is 9.65. The van der Waals surface area contributed by atoms with Crippen LogP contribution >= 0.6 is 0 Å². The summed E-state index contributed by atoms with van der Waals surface area (Å²) in [5, 5.41) is 13.5. The topological polar surface area (TPSA) is 68.4 Å². The maximum atomic E-state index is 9.65. The van der Waals surface area contributed by atoms with Gasteiger partial charge in [-0.3, -0.25) is 0 Å². The normalized spacial score (nSPS) is 14.8. The van der Waals surface area contributed by atoms with Gasteiger partial charge in [-0.1, -0.05) is 31.8 Å². The average Bonchev–Trinajstić information content (AvgIpc) is 2.74. The van der Waals surface area contributed by atoms with E-state index in [2.05, 4.69) is 17.1 Å². The van der Waals surface area contributed by atoms with Crippen molar-refractivity contribution in [3.8, 4) is 0 Å².